The summed E-state index contributed by atoms with van der Waals surface area (Å²) in [7, 11) is -3.97. The van der Waals surface area contributed by atoms with Gasteiger partial charge in [-0.2, -0.15) is 0 Å². The van der Waals surface area contributed by atoms with Crippen molar-refractivity contribution < 1.29 is 17.9 Å². The van der Waals surface area contributed by atoms with Crippen LogP contribution >= 0.6 is 11.3 Å². The van der Waals surface area contributed by atoms with Crippen LogP contribution in [0.3, 0.4) is 0 Å². The molecule has 1 saturated heterocycles. The van der Waals surface area contributed by atoms with Gasteiger partial charge in [-0.15, -0.1) is 0 Å². The Hall–Kier alpha value is -2.69. The van der Waals surface area contributed by atoms with Gasteiger partial charge in [0.05, 0.1) is 39.6 Å². The van der Waals surface area contributed by atoms with Gasteiger partial charge in [0.1, 0.15) is 0 Å². The molecule has 31 heavy (non-hydrogen) atoms. The van der Waals surface area contributed by atoms with Crippen LogP contribution in [0.5, 0.6) is 0 Å². The summed E-state index contributed by atoms with van der Waals surface area (Å²) in [6.07, 6.45) is 0. The molecule has 10 heteroatoms. The molecular weight excluding hydrogens is 438 g/mol. The van der Waals surface area contributed by atoms with Crippen molar-refractivity contribution in [3.05, 3.63) is 57.7 Å². The van der Waals surface area contributed by atoms with E-state index in [9.17, 15) is 18.0 Å². The van der Waals surface area contributed by atoms with Crippen LogP contribution in [0.15, 0.2) is 52.2 Å². The predicted octanol–water partition coefficient (Wildman–Crippen LogP) is 2.92. The van der Waals surface area contributed by atoms with Crippen LogP contribution in [0.1, 0.15) is 30.2 Å². The molecule has 0 aliphatic carbocycles. The number of sulfonamides is 1. The number of hydrogen-bond donors (Lipinski definition) is 1. The fourth-order valence-corrected chi connectivity index (χ4v) is 5.80. The van der Waals surface area contributed by atoms with Gasteiger partial charge < -0.3 is 9.64 Å². The average molecular weight is 462 g/mol. The van der Waals surface area contributed by atoms with Gasteiger partial charge in [-0.05, 0) is 44.2 Å². The third-order valence-electron chi connectivity index (χ3n) is 5.11. The number of carbonyl (C=O) groups is 1. The van der Waals surface area contributed by atoms with E-state index in [0.717, 1.165) is 11.3 Å². The standard InChI is InChI=1S/C21H23N3O5S2/c1-14(2)24-18-8-7-15(13-19(18)30-21(24)26)31(27,28)22-17-6-4-3-5-16(17)20(25)23-9-11-29-12-10-23/h3-8,13-14,22H,9-12H2,1-2H3. The fourth-order valence-electron chi connectivity index (χ4n) is 3.57. The molecule has 0 atom stereocenters. The number of thiazole rings is 1. The number of anilines is 1. The Labute approximate surface area is 184 Å². The minimum absolute atomic E-state index is 0.0279. The smallest absolute Gasteiger partial charge is 0.308 e. The minimum atomic E-state index is -3.97. The Morgan fingerprint density at radius 3 is 2.55 bits per heavy atom. The zero-order valence-corrected chi connectivity index (χ0v) is 18.8. The molecule has 1 amide bonds. The Morgan fingerprint density at radius 1 is 1.13 bits per heavy atom. The van der Waals surface area contributed by atoms with E-state index in [1.807, 2.05) is 13.8 Å². The first-order chi connectivity index (χ1) is 14.8. The number of hydrogen-bond acceptors (Lipinski definition) is 6. The molecule has 0 saturated carbocycles. The first-order valence-corrected chi connectivity index (χ1v) is 12.2. The third-order valence-corrected chi connectivity index (χ3v) is 7.39. The SMILES string of the molecule is CC(C)n1c(=O)sc2cc(S(=O)(=O)Nc3ccccc3C(=O)N3CCOCC3)ccc21. The van der Waals surface area contributed by atoms with Crippen molar-refractivity contribution in [2.24, 2.45) is 0 Å². The van der Waals surface area contributed by atoms with E-state index in [1.54, 1.807) is 39.8 Å². The van der Waals surface area contributed by atoms with Crippen molar-refractivity contribution in [2.75, 3.05) is 31.0 Å². The second-order valence-corrected chi connectivity index (χ2v) is 10.2. The van der Waals surface area contributed by atoms with Crippen LogP contribution in [-0.2, 0) is 14.8 Å². The summed E-state index contributed by atoms with van der Waals surface area (Å²) < 4.78 is 36.2. The molecule has 0 radical (unpaired) electrons. The van der Waals surface area contributed by atoms with Gasteiger partial charge in [-0.3, -0.25) is 18.9 Å². The molecule has 1 aromatic heterocycles. The second-order valence-electron chi connectivity index (χ2n) is 7.52. The van der Waals surface area contributed by atoms with E-state index < -0.39 is 10.0 Å². The number of aromatic nitrogens is 1. The van der Waals surface area contributed by atoms with Crippen LogP contribution in [-0.4, -0.2) is 50.1 Å². The molecule has 3 aromatic rings. The average Bonchev–Trinajstić information content (AvgIpc) is 3.09. The highest BCUT2D eigenvalue weighted by molar-refractivity contribution is 7.92. The Balaban J connectivity index is 1.67. The van der Waals surface area contributed by atoms with Gasteiger partial charge in [-0.25, -0.2) is 8.42 Å². The number of ether oxygens (including phenoxy) is 1. The molecule has 1 aliphatic heterocycles. The van der Waals surface area contributed by atoms with Crippen molar-refractivity contribution >= 4 is 43.2 Å². The normalized spacial score (nSPS) is 14.9. The number of nitrogens with zero attached hydrogens (tertiary/aromatic N) is 2. The van der Waals surface area contributed by atoms with E-state index in [2.05, 4.69) is 4.72 Å². The first kappa shape index (κ1) is 21.5. The van der Waals surface area contributed by atoms with Crippen molar-refractivity contribution in [2.45, 2.75) is 24.8 Å². The summed E-state index contributed by atoms with van der Waals surface area (Å²) in [4.78, 5) is 26.7. The monoisotopic (exact) mass is 461 g/mol. The summed E-state index contributed by atoms with van der Waals surface area (Å²) in [5.74, 6) is -0.246. The largest absolute Gasteiger partial charge is 0.378 e. The molecule has 2 aromatic carbocycles. The summed E-state index contributed by atoms with van der Waals surface area (Å²) in [5, 5.41) is 0. The number of morpholine rings is 1. The van der Waals surface area contributed by atoms with E-state index >= 15 is 0 Å². The number of para-hydroxylation sites is 1. The molecule has 0 spiro atoms. The van der Waals surface area contributed by atoms with Gasteiger partial charge in [0, 0.05) is 19.1 Å². The fraction of sp³-hybridized carbons (Fsp3) is 0.333. The number of carbonyl (C=O) groups excluding carboxylic acids is 1. The highest BCUT2D eigenvalue weighted by atomic mass is 32.2. The minimum Gasteiger partial charge on any atom is -0.378 e. The third kappa shape index (κ3) is 4.23. The van der Waals surface area contributed by atoms with Gasteiger partial charge in [0.25, 0.3) is 15.9 Å². The molecular formula is C21H23N3O5S2. The van der Waals surface area contributed by atoms with Crippen molar-refractivity contribution in [1.29, 1.82) is 0 Å². The number of nitrogens with one attached hydrogen (secondary N) is 1. The van der Waals surface area contributed by atoms with Crippen LogP contribution in [0.25, 0.3) is 10.2 Å². The highest BCUT2D eigenvalue weighted by Crippen LogP contribution is 2.26. The molecule has 8 nitrogen and oxygen atoms in total. The maximum atomic E-state index is 13.1. The zero-order chi connectivity index (χ0) is 22.2. The number of fused-ring (bicyclic) bond motifs is 1. The van der Waals surface area contributed by atoms with Crippen LogP contribution in [0.4, 0.5) is 5.69 Å². The Bertz CT molecular complexity index is 1290. The lowest BCUT2D eigenvalue weighted by molar-refractivity contribution is 0.0303. The van der Waals surface area contributed by atoms with Gasteiger partial charge >= 0.3 is 4.87 Å². The summed E-state index contributed by atoms with van der Waals surface area (Å²) >= 11 is 1.01. The second kappa shape index (κ2) is 8.45. The maximum Gasteiger partial charge on any atom is 0.308 e. The lowest BCUT2D eigenvalue weighted by Crippen LogP contribution is -2.41. The molecule has 4 rings (SSSR count). The molecule has 1 N–H and O–H groups in total. The van der Waals surface area contributed by atoms with Crippen LogP contribution in [0.2, 0.25) is 0 Å². The Kier molecular flexibility index (Phi) is 5.87. The lowest BCUT2D eigenvalue weighted by Gasteiger charge is -2.27. The van der Waals surface area contributed by atoms with E-state index in [1.165, 1.54) is 12.1 Å². The molecule has 0 unspecified atom stereocenters. The highest BCUT2D eigenvalue weighted by Gasteiger charge is 2.24. The van der Waals surface area contributed by atoms with Crippen LogP contribution in [0, 0.1) is 0 Å². The van der Waals surface area contributed by atoms with Gasteiger partial charge in [-0.1, -0.05) is 23.5 Å². The van der Waals surface area contributed by atoms with Gasteiger partial charge in [0.15, 0.2) is 0 Å². The van der Waals surface area contributed by atoms with E-state index in [0.29, 0.717) is 36.5 Å². The molecule has 1 aliphatic rings. The Morgan fingerprint density at radius 2 is 1.84 bits per heavy atom. The van der Waals surface area contributed by atoms with E-state index in [-0.39, 0.29) is 33.0 Å². The first-order valence-electron chi connectivity index (χ1n) is 9.92. The predicted molar refractivity (Wildman–Crippen MR) is 120 cm³/mol. The maximum absolute atomic E-state index is 13.1. The molecule has 1 fully saturated rings. The molecule has 2 heterocycles. The lowest BCUT2D eigenvalue weighted by atomic mass is 10.1. The topological polar surface area (TPSA) is 97.7 Å². The number of rotatable bonds is 5. The van der Waals surface area contributed by atoms with Crippen molar-refractivity contribution in [3.63, 3.8) is 0 Å². The van der Waals surface area contributed by atoms with Gasteiger partial charge in [0.2, 0.25) is 0 Å². The number of benzene rings is 2. The molecule has 0 bridgehead atoms. The van der Waals surface area contributed by atoms with E-state index in [4.69, 9.17) is 4.74 Å². The summed E-state index contributed by atoms with van der Waals surface area (Å²) in [6.45, 7) is 5.64. The summed E-state index contributed by atoms with van der Waals surface area (Å²) in [5.41, 5.74) is 1.20. The zero-order valence-electron chi connectivity index (χ0n) is 17.2. The molecule has 164 valence electrons. The quantitative estimate of drug-likeness (QED) is 0.630. The number of amides is 1. The van der Waals surface area contributed by atoms with Crippen molar-refractivity contribution in [3.8, 4) is 0 Å². The van der Waals surface area contributed by atoms with Crippen LogP contribution < -0.4 is 9.60 Å². The van der Waals surface area contributed by atoms with Crippen molar-refractivity contribution in [1.82, 2.24) is 9.47 Å². The summed E-state index contributed by atoms with van der Waals surface area (Å²) in [6, 6.07) is 11.1.